The Balaban J connectivity index is 1.51. The summed E-state index contributed by atoms with van der Waals surface area (Å²) in [4.78, 5) is 17.9. The number of rotatable bonds is 3. The molecule has 2 atom stereocenters. The molecule has 3 heterocycles. The van der Waals surface area contributed by atoms with Crippen LogP contribution in [-0.2, 0) is 16.1 Å². The third-order valence-electron chi connectivity index (χ3n) is 4.00. The van der Waals surface area contributed by atoms with Crippen LogP contribution in [0.5, 0.6) is 0 Å². The Kier molecular flexibility index (Phi) is 4.45. The molecule has 6 heteroatoms. The minimum atomic E-state index is -0.0341. The first kappa shape index (κ1) is 14.5. The van der Waals surface area contributed by atoms with E-state index in [2.05, 4.69) is 37.9 Å². The standard InChI is InChI=1S/C14H19BrN2O2S/c1-10-8-12(14(18)19-10)17-6-4-16(5-7-17)9-11-2-3-13(15)20-11/h2-3,10,12H,4-9H2,1H3/t10-,12-/m1/s1. The minimum Gasteiger partial charge on any atom is -0.461 e. The van der Waals surface area contributed by atoms with E-state index in [-0.39, 0.29) is 18.1 Å². The van der Waals surface area contributed by atoms with Gasteiger partial charge in [0.25, 0.3) is 0 Å². The fourth-order valence-electron chi connectivity index (χ4n) is 2.92. The highest BCUT2D eigenvalue weighted by Crippen LogP contribution is 2.25. The fourth-order valence-corrected chi connectivity index (χ4v) is 4.45. The van der Waals surface area contributed by atoms with Crippen molar-refractivity contribution in [1.29, 1.82) is 0 Å². The van der Waals surface area contributed by atoms with Gasteiger partial charge in [0.1, 0.15) is 12.1 Å². The van der Waals surface area contributed by atoms with Crippen molar-refractivity contribution in [3.63, 3.8) is 0 Å². The van der Waals surface area contributed by atoms with Gasteiger partial charge in [-0.3, -0.25) is 14.6 Å². The first-order valence-corrected chi connectivity index (χ1v) is 8.64. The molecule has 20 heavy (non-hydrogen) atoms. The van der Waals surface area contributed by atoms with Crippen molar-refractivity contribution in [3.05, 3.63) is 20.8 Å². The van der Waals surface area contributed by atoms with Gasteiger partial charge in [0, 0.05) is 44.0 Å². The largest absolute Gasteiger partial charge is 0.461 e. The number of hydrogen-bond acceptors (Lipinski definition) is 5. The summed E-state index contributed by atoms with van der Waals surface area (Å²) in [6.07, 6.45) is 0.922. The summed E-state index contributed by atoms with van der Waals surface area (Å²) in [6, 6.07) is 4.27. The third kappa shape index (κ3) is 3.24. The maximum atomic E-state index is 11.8. The van der Waals surface area contributed by atoms with Crippen LogP contribution >= 0.6 is 27.3 Å². The summed E-state index contributed by atoms with van der Waals surface area (Å²) >= 11 is 5.30. The molecule has 0 radical (unpaired) electrons. The summed E-state index contributed by atoms with van der Waals surface area (Å²) < 4.78 is 6.44. The molecule has 1 aromatic heterocycles. The second-order valence-electron chi connectivity index (χ2n) is 5.52. The molecule has 0 N–H and O–H groups in total. The monoisotopic (exact) mass is 358 g/mol. The Bertz CT molecular complexity index is 485. The average Bonchev–Trinajstić information content (AvgIpc) is 2.96. The number of cyclic esters (lactones) is 1. The van der Waals surface area contributed by atoms with E-state index < -0.39 is 0 Å². The zero-order valence-corrected chi connectivity index (χ0v) is 14.0. The molecule has 2 aliphatic heterocycles. The lowest BCUT2D eigenvalue weighted by atomic mass is 10.1. The summed E-state index contributed by atoms with van der Waals surface area (Å²) in [7, 11) is 0. The van der Waals surface area contributed by atoms with Crippen LogP contribution in [0.1, 0.15) is 18.2 Å². The summed E-state index contributed by atoms with van der Waals surface area (Å²) in [5.41, 5.74) is 0. The van der Waals surface area contributed by atoms with Crippen molar-refractivity contribution >= 4 is 33.2 Å². The molecular formula is C14H19BrN2O2S. The highest BCUT2D eigenvalue weighted by atomic mass is 79.9. The van der Waals surface area contributed by atoms with Crippen LogP contribution in [0, 0.1) is 0 Å². The third-order valence-corrected chi connectivity index (χ3v) is 5.61. The molecule has 0 aliphatic carbocycles. The number of esters is 1. The molecule has 110 valence electrons. The van der Waals surface area contributed by atoms with Crippen molar-refractivity contribution in [2.45, 2.75) is 32.0 Å². The lowest BCUT2D eigenvalue weighted by Gasteiger charge is -2.36. The second kappa shape index (κ2) is 6.13. The van der Waals surface area contributed by atoms with Crippen molar-refractivity contribution < 1.29 is 9.53 Å². The lowest BCUT2D eigenvalue weighted by molar-refractivity contribution is -0.145. The quantitative estimate of drug-likeness (QED) is 0.776. The van der Waals surface area contributed by atoms with Crippen molar-refractivity contribution in [2.75, 3.05) is 26.2 Å². The number of carbonyl (C=O) groups is 1. The maximum Gasteiger partial charge on any atom is 0.323 e. The van der Waals surface area contributed by atoms with E-state index in [9.17, 15) is 4.79 Å². The predicted molar refractivity (Wildman–Crippen MR) is 82.8 cm³/mol. The molecule has 3 rings (SSSR count). The van der Waals surface area contributed by atoms with Crippen molar-refractivity contribution in [3.8, 4) is 0 Å². The van der Waals surface area contributed by atoms with Gasteiger partial charge < -0.3 is 4.74 Å². The SMILES string of the molecule is C[C@@H]1C[C@@H](N2CCN(Cc3ccc(Br)s3)CC2)C(=O)O1. The van der Waals surface area contributed by atoms with Gasteiger partial charge in [-0.2, -0.15) is 0 Å². The van der Waals surface area contributed by atoms with Gasteiger partial charge in [-0.15, -0.1) is 11.3 Å². The normalized spacial score (nSPS) is 28.8. The zero-order valence-electron chi connectivity index (χ0n) is 11.5. The smallest absolute Gasteiger partial charge is 0.323 e. The number of thiophene rings is 1. The molecule has 0 saturated carbocycles. The van der Waals surface area contributed by atoms with Crippen LogP contribution in [0.2, 0.25) is 0 Å². The van der Waals surface area contributed by atoms with E-state index in [1.54, 1.807) is 11.3 Å². The van der Waals surface area contributed by atoms with Gasteiger partial charge >= 0.3 is 5.97 Å². The van der Waals surface area contributed by atoms with Gasteiger partial charge in [-0.05, 0) is 35.0 Å². The van der Waals surface area contributed by atoms with Crippen LogP contribution in [0.3, 0.4) is 0 Å². The Morgan fingerprint density at radius 2 is 2.10 bits per heavy atom. The van der Waals surface area contributed by atoms with Crippen LogP contribution in [0.4, 0.5) is 0 Å². The summed E-state index contributed by atoms with van der Waals surface area (Å²) in [5.74, 6) is -0.0341. The van der Waals surface area contributed by atoms with E-state index >= 15 is 0 Å². The van der Waals surface area contributed by atoms with Gasteiger partial charge in [0.15, 0.2) is 0 Å². The molecule has 2 fully saturated rings. The number of nitrogens with zero attached hydrogens (tertiary/aromatic N) is 2. The van der Waals surface area contributed by atoms with Gasteiger partial charge in [0.05, 0.1) is 3.79 Å². The Morgan fingerprint density at radius 3 is 2.65 bits per heavy atom. The number of carbonyl (C=O) groups excluding carboxylic acids is 1. The Hall–Kier alpha value is -0.430. The zero-order chi connectivity index (χ0) is 14.1. The molecule has 1 aromatic rings. The first-order chi connectivity index (χ1) is 9.61. The number of piperazine rings is 1. The molecular weight excluding hydrogens is 340 g/mol. The van der Waals surface area contributed by atoms with Gasteiger partial charge in [-0.1, -0.05) is 0 Å². The number of hydrogen-bond donors (Lipinski definition) is 0. The molecule has 0 amide bonds. The minimum absolute atomic E-state index is 0.0111. The molecule has 0 spiro atoms. The number of halogens is 1. The molecule has 0 bridgehead atoms. The van der Waals surface area contributed by atoms with Crippen LogP contribution in [0.25, 0.3) is 0 Å². The molecule has 2 saturated heterocycles. The van der Waals surface area contributed by atoms with E-state index in [1.807, 2.05) is 6.92 Å². The fraction of sp³-hybridized carbons (Fsp3) is 0.643. The Morgan fingerprint density at radius 1 is 1.35 bits per heavy atom. The molecule has 2 aliphatic rings. The maximum absolute atomic E-state index is 11.8. The van der Waals surface area contributed by atoms with Crippen LogP contribution in [-0.4, -0.2) is 54.1 Å². The second-order valence-corrected chi connectivity index (χ2v) is 8.06. The highest BCUT2D eigenvalue weighted by molar-refractivity contribution is 9.11. The van der Waals surface area contributed by atoms with E-state index in [4.69, 9.17) is 4.74 Å². The highest BCUT2D eigenvalue weighted by Gasteiger charge is 2.37. The molecule has 4 nitrogen and oxygen atoms in total. The molecule has 0 unspecified atom stereocenters. The lowest BCUT2D eigenvalue weighted by Crippen LogP contribution is -2.51. The average molecular weight is 359 g/mol. The van der Waals surface area contributed by atoms with E-state index in [1.165, 1.54) is 8.66 Å². The summed E-state index contributed by atoms with van der Waals surface area (Å²) in [5, 5.41) is 0. The van der Waals surface area contributed by atoms with Crippen LogP contribution < -0.4 is 0 Å². The number of ether oxygens (including phenoxy) is 1. The first-order valence-electron chi connectivity index (χ1n) is 7.03. The predicted octanol–water partition coefficient (Wildman–Crippen LogP) is 2.33. The summed E-state index contributed by atoms with van der Waals surface area (Å²) in [6.45, 7) is 6.94. The van der Waals surface area contributed by atoms with Gasteiger partial charge in [0.2, 0.25) is 0 Å². The Labute approximate surface area is 131 Å². The topological polar surface area (TPSA) is 32.8 Å². The van der Waals surface area contributed by atoms with Crippen LogP contribution in [0.15, 0.2) is 15.9 Å². The van der Waals surface area contributed by atoms with Crippen molar-refractivity contribution in [1.82, 2.24) is 9.80 Å². The van der Waals surface area contributed by atoms with Gasteiger partial charge in [-0.25, -0.2) is 0 Å². The van der Waals surface area contributed by atoms with E-state index in [0.717, 1.165) is 39.1 Å². The molecule has 0 aromatic carbocycles. The van der Waals surface area contributed by atoms with Crippen molar-refractivity contribution in [2.24, 2.45) is 0 Å². The van der Waals surface area contributed by atoms with E-state index in [0.29, 0.717) is 0 Å².